The minimum atomic E-state index is -1.93. The Morgan fingerprint density at radius 1 is 0.645 bits per heavy atom. The molecule has 5 aliphatic carbocycles. The molecule has 434 valence electrons. The van der Waals surface area contributed by atoms with Crippen molar-refractivity contribution in [1.29, 1.82) is 0 Å². The van der Waals surface area contributed by atoms with Crippen LogP contribution < -0.4 is 0 Å². The molecule has 0 amide bonds. The summed E-state index contributed by atoms with van der Waals surface area (Å²) >= 11 is 0. The molecule has 4 saturated heterocycles. The van der Waals surface area contributed by atoms with Crippen molar-refractivity contribution in [2.24, 2.45) is 50.2 Å². The summed E-state index contributed by atoms with van der Waals surface area (Å²) in [6.45, 7) is 15.3. The molecule has 0 aromatic carbocycles. The van der Waals surface area contributed by atoms with Gasteiger partial charge < -0.3 is 104 Å². The molecule has 0 bridgehead atoms. The SMILES string of the molecule is C[C@@H]1O[C@@H](O[C@@H]2[C@@H](OC(=O)[C@]34CCC(C)(C)C[C@H]3C3=CC[C@@H]5[C@@]6(C)CC[C@H](O[C@@H]7O[C@H](C(=O)O)[C@@H](O)[C@H](O)[C@H]7O)C(C)(C)[C@@H]6CC[C@@]5(C)[C@]3(C)C[C@H]4O)OC[C@@H](O)[C@H]2O[C@@H]2O[C@H](CO)[C@@H](O)[C@H](O)[C@H]2O)[C@H](O)[C@H](O)[C@H]1O. The Morgan fingerprint density at radius 2 is 1.25 bits per heavy atom. The highest BCUT2D eigenvalue weighted by atomic mass is 16.8. The average Bonchev–Trinajstić information content (AvgIpc) is 3.43. The molecular formula is C53H84O23. The molecule has 9 aliphatic rings. The Kier molecular flexibility index (Phi) is 16.0. The predicted molar refractivity (Wildman–Crippen MR) is 257 cm³/mol. The molecule has 0 radical (unpaired) electrons. The summed E-state index contributed by atoms with van der Waals surface area (Å²) in [5.74, 6) is -2.71. The summed E-state index contributed by atoms with van der Waals surface area (Å²) in [7, 11) is 0. The first-order valence-corrected chi connectivity index (χ1v) is 27.2. The molecular weight excluding hydrogens is 1000 g/mol. The smallest absolute Gasteiger partial charge is 0.335 e. The second kappa shape index (κ2) is 20.7. The number of fused-ring (bicyclic) bond motifs is 7. The number of allylic oxidation sites excluding steroid dienone is 2. The zero-order chi connectivity index (χ0) is 55.7. The number of esters is 1. The van der Waals surface area contributed by atoms with Crippen LogP contribution in [-0.2, 0) is 47.5 Å². The van der Waals surface area contributed by atoms with Crippen molar-refractivity contribution in [1.82, 2.24) is 0 Å². The van der Waals surface area contributed by atoms with Gasteiger partial charge in [0.05, 0.1) is 31.5 Å². The van der Waals surface area contributed by atoms with Gasteiger partial charge in [-0.2, -0.15) is 0 Å². The van der Waals surface area contributed by atoms with Crippen LogP contribution in [0.3, 0.4) is 0 Å². The summed E-state index contributed by atoms with van der Waals surface area (Å²) in [5.41, 5.74) is -2.65. The van der Waals surface area contributed by atoms with Crippen molar-refractivity contribution in [3.05, 3.63) is 11.6 Å². The number of aliphatic carboxylic acids is 1. The van der Waals surface area contributed by atoms with Crippen LogP contribution in [0.25, 0.3) is 0 Å². The van der Waals surface area contributed by atoms with Crippen LogP contribution in [0.4, 0.5) is 0 Å². The summed E-state index contributed by atoms with van der Waals surface area (Å²) in [5, 5.41) is 140. The van der Waals surface area contributed by atoms with E-state index in [1.165, 1.54) is 6.92 Å². The lowest BCUT2D eigenvalue weighted by Gasteiger charge is -2.71. The second-order valence-corrected chi connectivity index (χ2v) is 25.9. The lowest BCUT2D eigenvalue weighted by Crippen LogP contribution is -2.68. The standard InChI is InChI=1S/C53H84O23/c1-21-30(57)32(59)36(63)43(70-21)75-41-39(73-44-37(64)33(60)31(58)25(19-54)71-44)24(55)20-69-46(41)76-47(68)53-16-15-48(2,3)17-23(53)22-9-10-27-50(6)13-12-29(72-45-38(65)34(61)35(62)40(74-45)42(66)67)49(4,5)26(50)11-14-51(27,7)52(22,8)18-28(53)56/h9,21,23-41,43-46,54-65H,10-20H2,1-8H3,(H,66,67)/t21-,23-,24+,25+,26-,27+,28+,29-,30-,31+,32+,33-,34-,35-,36+,37+,38+,39+,40-,41-,43-,44-,45+,46+,50-,51+,52+,53+/m0/s1. The highest BCUT2D eigenvalue weighted by molar-refractivity contribution is 5.80. The van der Waals surface area contributed by atoms with E-state index in [0.29, 0.717) is 32.1 Å². The Hall–Kier alpha value is -2.08. The number of rotatable bonds is 10. The van der Waals surface area contributed by atoms with Gasteiger partial charge in [-0.1, -0.05) is 60.1 Å². The van der Waals surface area contributed by atoms with Crippen LogP contribution in [0.5, 0.6) is 0 Å². The highest BCUT2D eigenvalue weighted by Gasteiger charge is 2.72. The number of carbonyl (C=O) groups excluding carboxylic acids is 1. The number of hydrogen-bond acceptors (Lipinski definition) is 22. The monoisotopic (exact) mass is 1090 g/mol. The first kappa shape index (κ1) is 58.6. The molecule has 0 spiro atoms. The van der Waals surface area contributed by atoms with Crippen LogP contribution in [0.1, 0.15) is 113 Å². The molecule has 4 heterocycles. The minimum Gasteiger partial charge on any atom is -0.479 e. The fraction of sp³-hybridized carbons (Fsp3) is 0.925. The Labute approximate surface area is 442 Å². The van der Waals surface area contributed by atoms with Crippen LogP contribution in [0.2, 0.25) is 0 Å². The lowest BCUT2D eigenvalue weighted by molar-refractivity contribution is -0.378. The first-order valence-electron chi connectivity index (χ1n) is 27.2. The van der Waals surface area contributed by atoms with Crippen molar-refractivity contribution < 1.29 is 114 Å². The van der Waals surface area contributed by atoms with E-state index < -0.39 is 182 Å². The maximum atomic E-state index is 15.6. The molecule has 0 aromatic rings. The van der Waals surface area contributed by atoms with E-state index in [-0.39, 0.29) is 35.5 Å². The molecule has 23 nitrogen and oxygen atoms in total. The van der Waals surface area contributed by atoms with Crippen LogP contribution in [-0.4, -0.2) is 220 Å². The second-order valence-electron chi connectivity index (χ2n) is 25.9. The Bertz CT molecular complexity index is 2160. The molecule has 9 rings (SSSR count). The van der Waals surface area contributed by atoms with E-state index in [0.717, 1.165) is 18.4 Å². The molecule has 23 heteroatoms. The number of aliphatic hydroxyl groups excluding tert-OH is 12. The molecule has 0 aromatic heterocycles. The molecule has 4 aliphatic heterocycles. The van der Waals surface area contributed by atoms with Crippen molar-refractivity contribution >= 4 is 11.9 Å². The van der Waals surface area contributed by atoms with Crippen LogP contribution >= 0.6 is 0 Å². The number of ether oxygens (including phenoxy) is 8. The molecule has 0 unspecified atom stereocenters. The normalized spacial score (nSPS) is 53.9. The van der Waals surface area contributed by atoms with Gasteiger partial charge in [-0.15, -0.1) is 0 Å². The molecule has 8 fully saturated rings. The third kappa shape index (κ3) is 9.23. The molecule has 28 atom stereocenters. The van der Waals surface area contributed by atoms with Gasteiger partial charge in [0.2, 0.25) is 6.29 Å². The molecule has 4 saturated carbocycles. The van der Waals surface area contributed by atoms with Crippen molar-refractivity contribution in [3.63, 3.8) is 0 Å². The number of carboxylic acid groups (broad SMARTS) is 1. The molecule has 76 heavy (non-hydrogen) atoms. The third-order valence-electron chi connectivity index (χ3n) is 21.0. The topological polar surface area (TPSA) is 371 Å². The summed E-state index contributed by atoms with van der Waals surface area (Å²) in [6.07, 6.45) is -27.0. The van der Waals surface area contributed by atoms with Gasteiger partial charge in [-0.3, -0.25) is 4.79 Å². The van der Waals surface area contributed by atoms with Crippen LogP contribution in [0.15, 0.2) is 11.6 Å². The van der Waals surface area contributed by atoms with Gasteiger partial charge in [0, 0.05) is 0 Å². The number of carbonyl (C=O) groups is 2. The van der Waals surface area contributed by atoms with E-state index in [4.69, 9.17) is 37.9 Å². The van der Waals surface area contributed by atoms with Crippen LogP contribution in [0, 0.1) is 50.2 Å². The summed E-state index contributed by atoms with van der Waals surface area (Å²) in [6, 6.07) is 0. The van der Waals surface area contributed by atoms with Gasteiger partial charge in [0.25, 0.3) is 0 Å². The highest BCUT2D eigenvalue weighted by Crippen LogP contribution is 2.76. The predicted octanol–water partition coefficient (Wildman–Crippen LogP) is -1.31. The van der Waals surface area contributed by atoms with E-state index >= 15 is 4.79 Å². The van der Waals surface area contributed by atoms with Crippen molar-refractivity contribution in [3.8, 4) is 0 Å². The largest absolute Gasteiger partial charge is 0.479 e. The van der Waals surface area contributed by atoms with Gasteiger partial charge in [0.1, 0.15) is 78.7 Å². The zero-order valence-corrected chi connectivity index (χ0v) is 44.6. The van der Waals surface area contributed by atoms with Gasteiger partial charge in [-0.05, 0) is 110 Å². The summed E-state index contributed by atoms with van der Waals surface area (Å²) < 4.78 is 48.1. The van der Waals surface area contributed by atoms with E-state index in [2.05, 4.69) is 54.5 Å². The van der Waals surface area contributed by atoms with Crippen molar-refractivity contribution in [2.45, 2.75) is 242 Å². The third-order valence-corrected chi connectivity index (χ3v) is 21.0. The number of carboxylic acids is 1. The summed E-state index contributed by atoms with van der Waals surface area (Å²) in [4.78, 5) is 27.5. The maximum absolute atomic E-state index is 15.6. The average molecular weight is 1090 g/mol. The fourth-order valence-electron chi connectivity index (χ4n) is 16.3. The number of aliphatic hydroxyl groups is 12. The van der Waals surface area contributed by atoms with Gasteiger partial charge >= 0.3 is 11.9 Å². The first-order chi connectivity index (χ1) is 35.4. The Morgan fingerprint density at radius 3 is 1.89 bits per heavy atom. The van der Waals surface area contributed by atoms with E-state index in [1.807, 2.05) is 0 Å². The van der Waals surface area contributed by atoms with E-state index in [1.54, 1.807) is 0 Å². The van der Waals surface area contributed by atoms with Crippen molar-refractivity contribution in [2.75, 3.05) is 13.2 Å². The minimum absolute atomic E-state index is 0.0624. The van der Waals surface area contributed by atoms with Gasteiger partial charge in [-0.25, -0.2) is 4.79 Å². The number of hydrogen-bond donors (Lipinski definition) is 13. The lowest BCUT2D eigenvalue weighted by atomic mass is 9.33. The molecule has 13 N–H and O–H groups in total. The van der Waals surface area contributed by atoms with Gasteiger partial charge in [0.15, 0.2) is 31.1 Å². The van der Waals surface area contributed by atoms with E-state index in [9.17, 15) is 71.2 Å². The Balaban J connectivity index is 1.01. The maximum Gasteiger partial charge on any atom is 0.335 e. The fourth-order valence-corrected chi connectivity index (χ4v) is 16.3. The zero-order valence-electron chi connectivity index (χ0n) is 44.6. The quantitative estimate of drug-likeness (QED) is 0.0686.